The van der Waals surface area contributed by atoms with Gasteiger partial charge in [0.25, 0.3) is 11.6 Å². The number of nitro groups is 1. The van der Waals surface area contributed by atoms with Gasteiger partial charge in [0.15, 0.2) is 5.82 Å². The van der Waals surface area contributed by atoms with E-state index < -0.39 is 48.4 Å². The van der Waals surface area contributed by atoms with Crippen molar-refractivity contribution in [3.05, 3.63) is 33.6 Å². The van der Waals surface area contributed by atoms with Crippen molar-refractivity contribution in [3.8, 4) is 0 Å². The predicted octanol–water partition coefficient (Wildman–Crippen LogP) is 0.664. The molecule has 2 rings (SSSR count). The highest BCUT2D eigenvalue weighted by atomic mass is 32.2. The van der Waals surface area contributed by atoms with Gasteiger partial charge in [0, 0.05) is 17.7 Å². The Kier molecular flexibility index (Phi) is 3.46. The van der Waals surface area contributed by atoms with Gasteiger partial charge in [-0.3, -0.25) is 14.9 Å². The number of nitrogens with one attached hydrogen (secondary N) is 1. The highest BCUT2D eigenvalue weighted by Gasteiger charge is 2.40. The Labute approximate surface area is 119 Å². The number of primary sulfonamides is 1. The van der Waals surface area contributed by atoms with Crippen molar-refractivity contribution in [2.75, 3.05) is 0 Å². The van der Waals surface area contributed by atoms with Gasteiger partial charge in [-0.15, -0.1) is 0 Å². The van der Waals surface area contributed by atoms with E-state index in [1.807, 2.05) is 0 Å². The molecule has 1 aliphatic carbocycles. The lowest BCUT2D eigenvalue weighted by Crippen LogP contribution is -2.35. The summed E-state index contributed by atoms with van der Waals surface area (Å²) in [6, 6.07) is 1.17. The number of hydrogen-bond acceptors (Lipinski definition) is 5. The van der Waals surface area contributed by atoms with Crippen molar-refractivity contribution >= 4 is 21.6 Å². The van der Waals surface area contributed by atoms with E-state index in [0.29, 0.717) is 25.0 Å². The molecule has 0 unspecified atom stereocenters. The van der Waals surface area contributed by atoms with Crippen molar-refractivity contribution < 1.29 is 22.5 Å². The zero-order chi connectivity index (χ0) is 16.0. The standard InChI is InChI=1S/C11H12FN3O5S/c1-11(2-3-11)14-10(16)7-4-6(15(17)18)5-8(9(7)12)21(13,19)20/h4-5H,2-3H2,1H3,(H,14,16)(H2,13,19,20). The number of amides is 1. The summed E-state index contributed by atoms with van der Waals surface area (Å²) in [6.45, 7) is 1.72. The molecule has 0 heterocycles. The van der Waals surface area contributed by atoms with Crippen LogP contribution in [0.25, 0.3) is 0 Å². The van der Waals surface area contributed by atoms with Crippen LogP contribution in [0.5, 0.6) is 0 Å². The Hall–Kier alpha value is -2.07. The molecule has 1 saturated carbocycles. The Bertz CT molecular complexity index is 742. The van der Waals surface area contributed by atoms with Gasteiger partial charge in [-0.25, -0.2) is 17.9 Å². The van der Waals surface area contributed by atoms with Gasteiger partial charge in [0.1, 0.15) is 4.90 Å². The summed E-state index contributed by atoms with van der Waals surface area (Å²) in [5.74, 6) is -2.31. The van der Waals surface area contributed by atoms with E-state index >= 15 is 0 Å². The smallest absolute Gasteiger partial charge is 0.271 e. The summed E-state index contributed by atoms with van der Waals surface area (Å²) in [7, 11) is -4.53. The van der Waals surface area contributed by atoms with Crippen LogP contribution in [0.3, 0.4) is 0 Å². The van der Waals surface area contributed by atoms with Gasteiger partial charge < -0.3 is 5.32 Å². The molecule has 0 aromatic heterocycles. The van der Waals surface area contributed by atoms with E-state index in [1.54, 1.807) is 6.92 Å². The first-order valence-corrected chi connectivity index (χ1v) is 7.41. The molecule has 0 saturated heterocycles. The van der Waals surface area contributed by atoms with Crippen molar-refractivity contribution in [2.45, 2.75) is 30.2 Å². The number of nitrogens with zero attached hydrogens (tertiary/aromatic N) is 1. The summed E-state index contributed by atoms with van der Waals surface area (Å²) < 4.78 is 36.7. The molecule has 21 heavy (non-hydrogen) atoms. The van der Waals surface area contributed by atoms with Crippen LogP contribution in [0.15, 0.2) is 17.0 Å². The van der Waals surface area contributed by atoms with Gasteiger partial charge in [-0.1, -0.05) is 0 Å². The number of non-ortho nitro benzene ring substituents is 1. The quantitative estimate of drug-likeness (QED) is 0.622. The van der Waals surface area contributed by atoms with Gasteiger partial charge in [0.2, 0.25) is 10.0 Å². The summed E-state index contributed by atoms with van der Waals surface area (Å²) >= 11 is 0. The van der Waals surface area contributed by atoms with Crippen LogP contribution >= 0.6 is 0 Å². The summed E-state index contributed by atoms with van der Waals surface area (Å²) in [6.07, 6.45) is 1.38. The molecule has 0 atom stereocenters. The third-order valence-electron chi connectivity index (χ3n) is 3.20. The first-order valence-electron chi connectivity index (χ1n) is 5.87. The zero-order valence-corrected chi connectivity index (χ0v) is 11.7. The van der Waals surface area contributed by atoms with Crippen molar-refractivity contribution in [2.24, 2.45) is 5.14 Å². The van der Waals surface area contributed by atoms with E-state index in [2.05, 4.69) is 5.32 Å². The second-order valence-corrected chi connectivity index (χ2v) is 6.65. The molecule has 8 nitrogen and oxygen atoms in total. The normalized spacial score (nSPS) is 16.3. The van der Waals surface area contributed by atoms with Gasteiger partial charge in [-0.05, 0) is 19.8 Å². The number of nitro benzene ring substituents is 1. The highest BCUT2D eigenvalue weighted by Crippen LogP contribution is 2.35. The molecular formula is C11H12FN3O5S. The number of benzene rings is 1. The van der Waals surface area contributed by atoms with Gasteiger partial charge in [0.05, 0.1) is 10.5 Å². The molecule has 1 aromatic carbocycles. The van der Waals surface area contributed by atoms with Crippen molar-refractivity contribution in [1.82, 2.24) is 5.32 Å². The molecule has 1 aliphatic rings. The summed E-state index contributed by atoms with van der Waals surface area (Å²) in [4.78, 5) is 20.7. The molecule has 0 bridgehead atoms. The Morgan fingerprint density at radius 1 is 1.48 bits per heavy atom. The number of rotatable bonds is 4. The van der Waals surface area contributed by atoms with Crippen LogP contribution in [-0.4, -0.2) is 24.8 Å². The minimum atomic E-state index is -4.53. The highest BCUT2D eigenvalue weighted by molar-refractivity contribution is 7.89. The van der Waals surface area contributed by atoms with Crippen LogP contribution in [0.4, 0.5) is 10.1 Å². The van der Waals surface area contributed by atoms with Crippen LogP contribution in [0, 0.1) is 15.9 Å². The Balaban J connectivity index is 2.56. The van der Waals surface area contributed by atoms with E-state index in [-0.39, 0.29) is 0 Å². The lowest BCUT2D eigenvalue weighted by molar-refractivity contribution is -0.385. The monoisotopic (exact) mass is 317 g/mol. The number of halogens is 1. The fourth-order valence-corrected chi connectivity index (χ4v) is 2.36. The van der Waals surface area contributed by atoms with E-state index in [0.717, 1.165) is 0 Å². The molecule has 3 N–H and O–H groups in total. The average molecular weight is 317 g/mol. The largest absolute Gasteiger partial charge is 0.347 e. The summed E-state index contributed by atoms with van der Waals surface area (Å²) in [5.41, 5.74) is -1.94. The third kappa shape index (κ3) is 3.16. The van der Waals surface area contributed by atoms with Crippen LogP contribution in [0.2, 0.25) is 0 Å². The third-order valence-corrected chi connectivity index (χ3v) is 4.11. The molecule has 0 aliphatic heterocycles. The molecular weight excluding hydrogens is 305 g/mol. The maximum atomic E-state index is 14.1. The van der Waals surface area contributed by atoms with E-state index in [4.69, 9.17) is 5.14 Å². The fraction of sp³-hybridized carbons (Fsp3) is 0.364. The molecule has 1 fully saturated rings. The van der Waals surface area contributed by atoms with Gasteiger partial charge >= 0.3 is 0 Å². The molecule has 1 amide bonds. The van der Waals surface area contributed by atoms with E-state index in [1.165, 1.54) is 0 Å². The molecule has 10 heteroatoms. The number of carbonyl (C=O) groups is 1. The lowest BCUT2D eigenvalue weighted by atomic mass is 10.1. The first kappa shape index (κ1) is 15.3. The van der Waals surface area contributed by atoms with Crippen molar-refractivity contribution in [3.63, 3.8) is 0 Å². The second kappa shape index (κ2) is 4.74. The molecule has 1 aromatic rings. The maximum Gasteiger partial charge on any atom is 0.271 e. The van der Waals surface area contributed by atoms with Crippen LogP contribution in [0.1, 0.15) is 30.1 Å². The lowest BCUT2D eigenvalue weighted by Gasteiger charge is -2.12. The topological polar surface area (TPSA) is 132 Å². The zero-order valence-electron chi connectivity index (χ0n) is 10.9. The molecule has 0 radical (unpaired) electrons. The minimum Gasteiger partial charge on any atom is -0.347 e. The SMILES string of the molecule is CC1(NC(=O)c2cc([N+](=O)[O-])cc(S(N)(=O)=O)c2F)CC1. The number of carbonyl (C=O) groups excluding carboxylic acids is 1. The van der Waals surface area contributed by atoms with E-state index in [9.17, 15) is 27.7 Å². The number of sulfonamides is 1. The van der Waals surface area contributed by atoms with Gasteiger partial charge in [-0.2, -0.15) is 0 Å². The first-order chi connectivity index (χ1) is 9.53. The minimum absolute atomic E-state index is 0.486. The Morgan fingerprint density at radius 2 is 2.05 bits per heavy atom. The number of nitrogens with two attached hydrogens (primary N) is 1. The number of hydrogen-bond donors (Lipinski definition) is 2. The Morgan fingerprint density at radius 3 is 2.48 bits per heavy atom. The van der Waals surface area contributed by atoms with Crippen LogP contribution in [-0.2, 0) is 10.0 Å². The molecule has 0 spiro atoms. The predicted molar refractivity (Wildman–Crippen MR) is 69.5 cm³/mol. The average Bonchev–Trinajstić information content (AvgIpc) is 3.04. The van der Waals surface area contributed by atoms with Crippen LogP contribution < -0.4 is 10.5 Å². The maximum absolute atomic E-state index is 14.1. The fourth-order valence-electron chi connectivity index (χ4n) is 1.71. The second-order valence-electron chi connectivity index (χ2n) is 5.12. The molecule has 114 valence electrons. The van der Waals surface area contributed by atoms with Crippen molar-refractivity contribution in [1.29, 1.82) is 0 Å². The summed E-state index contributed by atoms with van der Waals surface area (Å²) in [5, 5.41) is 18.1.